The van der Waals surface area contributed by atoms with Gasteiger partial charge in [0.1, 0.15) is 13.3 Å². The number of hydrogen-bond donors (Lipinski definition) is 2. The number of aryl methyl sites for hydroxylation is 1. The average Bonchev–Trinajstić information content (AvgIpc) is 2.28. The molecule has 0 atom stereocenters. The third-order valence-electron chi connectivity index (χ3n) is 1.91. The smallest absolute Gasteiger partial charge is 0.172 e. The Labute approximate surface area is 101 Å². The molecule has 0 bridgehead atoms. The molecule has 16 heavy (non-hydrogen) atoms. The summed E-state index contributed by atoms with van der Waals surface area (Å²) in [6, 6.07) is 7.91. The van der Waals surface area contributed by atoms with Crippen molar-refractivity contribution in [1.29, 1.82) is 0 Å². The van der Waals surface area contributed by atoms with Gasteiger partial charge in [0.05, 0.1) is 0 Å². The summed E-state index contributed by atoms with van der Waals surface area (Å²) in [5, 5.41) is 6.49. The Morgan fingerprint density at radius 3 is 2.94 bits per heavy atom. The minimum Gasteiger partial charge on any atom is -0.349 e. The van der Waals surface area contributed by atoms with Crippen molar-refractivity contribution in [3.05, 3.63) is 29.8 Å². The molecule has 0 fully saturated rings. The monoisotopic (exact) mass is 234 g/mol. The number of benzene rings is 1. The summed E-state index contributed by atoms with van der Waals surface area (Å²) in [6.07, 6.45) is 5.04. The van der Waals surface area contributed by atoms with E-state index in [-0.39, 0.29) is 6.61 Å². The molecule has 0 saturated carbocycles. The van der Waals surface area contributed by atoms with Gasteiger partial charge in [-0.1, -0.05) is 24.1 Å². The Morgan fingerprint density at radius 1 is 1.50 bits per heavy atom. The molecule has 0 amide bonds. The number of rotatable bonds is 4. The minimum atomic E-state index is 0.278. The van der Waals surface area contributed by atoms with E-state index in [4.69, 9.17) is 23.4 Å². The molecule has 0 aliphatic rings. The van der Waals surface area contributed by atoms with Crippen molar-refractivity contribution >= 4 is 23.0 Å². The zero-order valence-electron chi connectivity index (χ0n) is 9.12. The lowest BCUT2D eigenvalue weighted by molar-refractivity contribution is 0.162. The van der Waals surface area contributed by atoms with E-state index in [2.05, 4.69) is 16.6 Å². The van der Waals surface area contributed by atoms with Gasteiger partial charge in [0.2, 0.25) is 0 Å². The van der Waals surface area contributed by atoms with Gasteiger partial charge < -0.3 is 15.4 Å². The van der Waals surface area contributed by atoms with Crippen LogP contribution >= 0.6 is 12.2 Å². The van der Waals surface area contributed by atoms with Crippen LogP contribution in [-0.4, -0.2) is 18.5 Å². The van der Waals surface area contributed by atoms with Crippen LogP contribution in [0.25, 0.3) is 0 Å². The second kappa shape index (κ2) is 6.83. The zero-order chi connectivity index (χ0) is 11.8. The van der Waals surface area contributed by atoms with E-state index in [1.165, 1.54) is 0 Å². The van der Waals surface area contributed by atoms with Crippen molar-refractivity contribution in [2.75, 3.05) is 18.7 Å². The third kappa shape index (κ3) is 4.30. The Bertz CT molecular complexity index is 398. The molecule has 84 valence electrons. The standard InChI is InChI=1S/C12H14N2OS/c1-3-8-15-9-13-12(16)14-11-7-5-4-6-10(11)2/h1,4-7H,8-9H2,2H3,(H2,13,14,16). The number of thiocarbonyl (C=S) groups is 1. The van der Waals surface area contributed by atoms with Crippen molar-refractivity contribution in [3.63, 3.8) is 0 Å². The van der Waals surface area contributed by atoms with Gasteiger partial charge >= 0.3 is 0 Å². The molecule has 2 N–H and O–H groups in total. The number of para-hydroxylation sites is 1. The highest BCUT2D eigenvalue weighted by Crippen LogP contribution is 2.12. The van der Waals surface area contributed by atoms with Crippen molar-refractivity contribution < 1.29 is 4.74 Å². The van der Waals surface area contributed by atoms with Gasteiger partial charge in [-0.3, -0.25) is 0 Å². The van der Waals surface area contributed by atoms with Gasteiger partial charge in [-0.2, -0.15) is 0 Å². The number of terminal acetylenes is 1. The van der Waals surface area contributed by atoms with Crippen molar-refractivity contribution in [3.8, 4) is 12.3 Å². The lowest BCUT2D eigenvalue weighted by Gasteiger charge is -2.11. The number of anilines is 1. The molecule has 4 heteroatoms. The molecule has 1 rings (SSSR count). The van der Waals surface area contributed by atoms with Gasteiger partial charge in [0.15, 0.2) is 5.11 Å². The highest BCUT2D eigenvalue weighted by Gasteiger charge is 1.98. The number of nitrogens with one attached hydrogen (secondary N) is 2. The van der Waals surface area contributed by atoms with Crippen LogP contribution in [0.2, 0.25) is 0 Å². The van der Waals surface area contributed by atoms with E-state index in [1.807, 2.05) is 31.2 Å². The summed E-state index contributed by atoms with van der Waals surface area (Å²) in [5.41, 5.74) is 2.12. The van der Waals surface area contributed by atoms with Crippen LogP contribution in [-0.2, 0) is 4.74 Å². The molecule has 0 saturated heterocycles. The highest BCUT2D eigenvalue weighted by atomic mass is 32.1. The molecule has 1 aromatic rings. The Kier molecular flexibility index (Phi) is 5.34. The molecule has 1 aromatic carbocycles. The SMILES string of the molecule is C#CCOCNC(=S)Nc1ccccc1C. The fourth-order valence-corrected chi connectivity index (χ4v) is 1.28. The van der Waals surface area contributed by atoms with Crippen LogP contribution in [0, 0.1) is 19.3 Å². The van der Waals surface area contributed by atoms with Gasteiger partial charge in [-0.15, -0.1) is 6.42 Å². The van der Waals surface area contributed by atoms with Crippen LogP contribution in [0.15, 0.2) is 24.3 Å². The molecule has 0 aromatic heterocycles. The molecule has 0 aliphatic carbocycles. The third-order valence-corrected chi connectivity index (χ3v) is 2.16. The maximum atomic E-state index is 5.09. The highest BCUT2D eigenvalue weighted by molar-refractivity contribution is 7.80. The summed E-state index contributed by atoms with van der Waals surface area (Å²) in [4.78, 5) is 0. The molecule has 3 nitrogen and oxygen atoms in total. The topological polar surface area (TPSA) is 33.3 Å². The molecular formula is C12H14N2OS. The number of ether oxygens (including phenoxy) is 1. The van der Waals surface area contributed by atoms with Gasteiger partial charge in [-0.05, 0) is 30.8 Å². The van der Waals surface area contributed by atoms with Gasteiger partial charge in [0.25, 0.3) is 0 Å². The lowest BCUT2D eigenvalue weighted by Crippen LogP contribution is -2.30. The predicted molar refractivity (Wildman–Crippen MR) is 70.2 cm³/mol. The summed E-state index contributed by atoms with van der Waals surface area (Å²) >= 11 is 5.09. The van der Waals surface area contributed by atoms with Crippen LogP contribution in [0.5, 0.6) is 0 Å². The predicted octanol–water partition coefficient (Wildman–Crippen LogP) is 1.89. The van der Waals surface area contributed by atoms with E-state index in [0.717, 1.165) is 11.3 Å². The van der Waals surface area contributed by atoms with Crippen molar-refractivity contribution in [2.45, 2.75) is 6.92 Å². The normalized spacial score (nSPS) is 9.25. The van der Waals surface area contributed by atoms with Crippen molar-refractivity contribution in [2.24, 2.45) is 0 Å². The molecule has 0 heterocycles. The quantitative estimate of drug-likeness (QED) is 0.361. The fourth-order valence-electron chi connectivity index (χ4n) is 1.11. The van der Waals surface area contributed by atoms with Crippen LogP contribution < -0.4 is 10.6 Å². The van der Waals surface area contributed by atoms with E-state index >= 15 is 0 Å². The Hall–Kier alpha value is -1.57. The largest absolute Gasteiger partial charge is 0.349 e. The second-order valence-corrected chi connectivity index (χ2v) is 3.55. The molecule has 0 radical (unpaired) electrons. The molecular weight excluding hydrogens is 220 g/mol. The second-order valence-electron chi connectivity index (χ2n) is 3.14. The first-order valence-corrected chi connectivity index (χ1v) is 5.26. The van der Waals surface area contributed by atoms with Crippen molar-refractivity contribution in [1.82, 2.24) is 5.32 Å². The summed E-state index contributed by atoms with van der Waals surface area (Å²) in [7, 11) is 0. The van der Waals surface area contributed by atoms with Crippen LogP contribution in [0.3, 0.4) is 0 Å². The first-order chi connectivity index (χ1) is 7.74. The first-order valence-electron chi connectivity index (χ1n) is 4.85. The first kappa shape index (κ1) is 12.5. The van der Waals surface area contributed by atoms with E-state index in [9.17, 15) is 0 Å². The lowest BCUT2D eigenvalue weighted by atomic mass is 10.2. The average molecular weight is 234 g/mol. The van der Waals surface area contributed by atoms with Gasteiger partial charge in [0, 0.05) is 5.69 Å². The maximum absolute atomic E-state index is 5.09. The fraction of sp³-hybridized carbons (Fsp3) is 0.250. The van der Waals surface area contributed by atoms with Crippen LogP contribution in [0.4, 0.5) is 5.69 Å². The molecule has 0 spiro atoms. The summed E-state index contributed by atoms with van der Waals surface area (Å²) in [5.74, 6) is 2.37. The summed E-state index contributed by atoms with van der Waals surface area (Å²) < 4.78 is 5.05. The Balaban J connectivity index is 2.35. The van der Waals surface area contributed by atoms with E-state index in [1.54, 1.807) is 0 Å². The molecule has 0 unspecified atom stereocenters. The molecule has 0 aliphatic heterocycles. The van der Waals surface area contributed by atoms with E-state index < -0.39 is 0 Å². The minimum absolute atomic E-state index is 0.278. The van der Waals surface area contributed by atoms with E-state index in [0.29, 0.717) is 11.8 Å². The Morgan fingerprint density at radius 2 is 2.25 bits per heavy atom. The zero-order valence-corrected chi connectivity index (χ0v) is 9.93. The van der Waals surface area contributed by atoms with Crippen LogP contribution in [0.1, 0.15) is 5.56 Å². The number of hydrogen-bond acceptors (Lipinski definition) is 2. The maximum Gasteiger partial charge on any atom is 0.172 e. The summed E-state index contributed by atoms with van der Waals surface area (Å²) in [6.45, 7) is 2.60. The van der Waals surface area contributed by atoms with Gasteiger partial charge in [-0.25, -0.2) is 0 Å².